The van der Waals surface area contributed by atoms with Crippen molar-refractivity contribution in [2.24, 2.45) is 0 Å². The lowest BCUT2D eigenvalue weighted by molar-refractivity contribution is -0.150. The number of hydrogen-bond donors (Lipinski definition) is 1. The number of carbonyl (C=O) groups is 1. The Morgan fingerprint density at radius 2 is 1.76 bits per heavy atom. The molecule has 94 valence electrons. The largest absolute Gasteiger partial charge is 0.397 e. The molecule has 0 heterocycles. The Labute approximate surface area is 105 Å². The van der Waals surface area contributed by atoms with E-state index in [1.807, 2.05) is 0 Å². The van der Waals surface area contributed by atoms with Gasteiger partial charge < -0.3 is 5.32 Å². The first-order valence-electron chi connectivity index (χ1n) is 4.82. The van der Waals surface area contributed by atoms with Crippen molar-refractivity contribution in [1.29, 1.82) is 0 Å². The van der Waals surface area contributed by atoms with Gasteiger partial charge in [-0.2, -0.15) is 13.2 Å². The molecule has 0 aliphatic carbocycles. The third-order valence-electron chi connectivity index (χ3n) is 2.08. The Morgan fingerprint density at radius 1 is 1.29 bits per heavy atom. The van der Waals surface area contributed by atoms with E-state index in [4.69, 9.17) is 0 Å². The smallest absolute Gasteiger partial charge is 0.326 e. The fourth-order valence-electron chi connectivity index (χ4n) is 1.41. The van der Waals surface area contributed by atoms with Crippen LogP contribution in [-0.4, -0.2) is 12.1 Å². The highest BCUT2D eigenvalue weighted by atomic mass is 79.9. The minimum atomic E-state index is -4.48. The lowest BCUT2D eigenvalue weighted by atomic mass is 10.1. The standard InChI is InChI=1S/C11H11BrF3NO/c1-6-3-8(4-7(2)10(6)12)16-9(17)5-11(13,14)15/h3-4H,5H2,1-2H3,(H,16,17). The molecule has 1 aromatic rings. The van der Waals surface area contributed by atoms with E-state index in [1.54, 1.807) is 26.0 Å². The zero-order valence-electron chi connectivity index (χ0n) is 9.28. The van der Waals surface area contributed by atoms with Crippen molar-refractivity contribution in [1.82, 2.24) is 0 Å². The minimum absolute atomic E-state index is 0.373. The molecular weight excluding hydrogens is 299 g/mol. The monoisotopic (exact) mass is 309 g/mol. The summed E-state index contributed by atoms with van der Waals surface area (Å²) >= 11 is 3.34. The summed E-state index contributed by atoms with van der Waals surface area (Å²) in [5.41, 5.74) is 2.08. The van der Waals surface area contributed by atoms with Crippen molar-refractivity contribution >= 4 is 27.5 Å². The van der Waals surface area contributed by atoms with Gasteiger partial charge in [0.1, 0.15) is 6.42 Å². The molecule has 6 heteroatoms. The third kappa shape index (κ3) is 4.38. The fraction of sp³-hybridized carbons (Fsp3) is 0.364. The zero-order chi connectivity index (χ0) is 13.2. The fourth-order valence-corrected chi connectivity index (χ4v) is 1.63. The van der Waals surface area contributed by atoms with E-state index in [2.05, 4.69) is 21.2 Å². The number of anilines is 1. The van der Waals surface area contributed by atoms with Crippen LogP contribution in [0, 0.1) is 13.8 Å². The second-order valence-electron chi connectivity index (χ2n) is 3.76. The highest BCUT2D eigenvalue weighted by Crippen LogP contribution is 2.26. The predicted molar refractivity (Wildman–Crippen MR) is 62.9 cm³/mol. The Hall–Kier alpha value is -1.04. The molecule has 0 atom stereocenters. The summed E-state index contributed by atoms with van der Waals surface area (Å²) < 4.78 is 36.8. The van der Waals surface area contributed by atoms with E-state index < -0.39 is 18.5 Å². The van der Waals surface area contributed by atoms with E-state index in [-0.39, 0.29) is 0 Å². The van der Waals surface area contributed by atoms with Crippen molar-refractivity contribution in [3.63, 3.8) is 0 Å². The molecule has 0 saturated heterocycles. The first kappa shape index (κ1) is 14.0. The lowest BCUT2D eigenvalue weighted by Gasteiger charge is -2.10. The lowest BCUT2D eigenvalue weighted by Crippen LogP contribution is -2.21. The maximum absolute atomic E-state index is 12.0. The number of amides is 1. The van der Waals surface area contributed by atoms with Crippen molar-refractivity contribution < 1.29 is 18.0 Å². The van der Waals surface area contributed by atoms with Crippen molar-refractivity contribution in [3.05, 3.63) is 27.7 Å². The summed E-state index contributed by atoms with van der Waals surface area (Å²) in [5, 5.41) is 2.23. The average molecular weight is 310 g/mol. The van der Waals surface area contributed by atoms with Crippen LogP contribution < -0.4 is 5.32 Å². The third-order valence-corrected chi connectivity index (χ3v) is 3.33. The summed E-state index contributed by atoms with van der Waals surface area (Å²) in [6, 6.07) is 3.23. The Kier molecular flexibility index (Phi) is 4.19. The van der Waals surface area contributed by atoms with Gasteiger partial charge in [0, 0.05) is 10.2 Å². The van der Waals surface area contributed by atoms with E-state index in [0.717, 1.165) is 15.6 Å². The van der Waals surface area contributed by atoms with Crippen LogP contribution in [0.4, 0.5) is 18.9 Å². The highest BCUT2D eigenvalue weighted by molar-refractivity contribution is 9.10. The molecule has 0 aromatic heterocycles. The second kappa shape index (κ2) is 5.08. The molecule has 17 heavy (non-hydrogen) atoms. The molecular formula is C11H11BrF3NO. The van der Waals surface area contributed by atoms with Crippen LogP contribution in [0.3, 0.4) is 0 Å². The summed E-state index contributed by atoms with van der Waals surface area (Å²) in [5.74, 6) is -1.06. The van der Waals surface area contributed by atoms with Crippen molar-refractivity contribution in [2.75, 3.05) is 5.32 Å². The normalized spacial score (nSPS) is 11.4. The van der Waals surface area contributed by atoms with Crippen LogP contribution >= 0.6 is 15.9 Å². The first-order valence-corrected chi connectivity index (χ1v) is 5.61. The Morgan fingerprint density at radius 3 is 2.18 bits per heavy atom. The number of carbonyl (C=O) groups excluding carboxylic acids is 1. The summed E-state index contributed by atoms with van der Waals surface area (Å²) in [6.07, 6.45) is -5.95. The quantitative estimate of drug-likeness (QED) is 0.880. The van der Waals surface area contributed by atoms with Crippen LogP contribution in [0.5, 0.6) is 0 Å². The molecule has 0 unspecified atom stereocenters. The van der Waals surface area contributed by atoms with Gasteiger partial charge in [0.15, 0.2) is 0 Å². The molecule has 1 amide bonds. The minimum Gasteiger partial charge on any atom is -0.326 e. The Bertz CT molecular complexity index is 420. The van der Waals surface area contributed by atoms with Gasteiger partial charge in [-0.15, -0.1) is 0 Å². The van der Waals surface area contributed by atoms with E-state index in [9.17, 15) is 18.0 Å². The van der Waals surface area contributed by atoms with Gasteiger partial charge in [0.05, 0.1) is 0 Å². The Balaban J connectivity index is 2.79. The van der Waals surface area contributed by atoms with Crippen molar-refractivity contribution in [2.45, 2.75) is 26.4 Å². The molecule has 0 radical (unpaired) electrons. The predicted octanol–water partition coefficient (Wildman–Crippen LogP) is 3.96. The van der Waals surface area contributed by atoms with Gasteiger partial charge in [-0.25, -0.2) is 0 Å². The molecule has 0 aliphatic heterocycles. The van der Waals surface area contributed by atoms with E-state index in [0.29, 0.717) is 5.69 Å². The molecule has 1 aromatic carbocycles. The maximum Gasteiger partial charge on any atom is 0.397 e. The van der Waals surface area contributed by atoms with Gasteiger partial charge in [-0.3, -0.25) is 4.79 Å². The summed E-state index contributed by atoms with van der Waals surface area (Å²) in [6.45, 7) is 3.60. The van der Waals surface area contributed by atoms with Crippen LogP contribution in [0.1, 0.15) is 17.5 Å². The van der Waals surface area contributed by atoms with Gasteiger partial charge >= 0.3 is 6.18 Å². The summed E-state index contributed by atoms with van der Waals surface area (Å²) in [4.78, 5) is 11.1. The highest BCUT2D eigenvalue weighted by Gasteiger charge is 2.31. The van der Waals surface area contributed by atoms with Crippen LogP contribution in [0.25, 0.3) is 0 Å². The van der Waals surface area contributed by atoms with E-state index in [1.165, 1.54) is 0 Å². The molecule has 0 fully saturated rings. The van der Waals surface area contributed by atoms with Gasteiger partial charge in [0.2, 0.25) is 5.91 Å². The SMILES string of the molecule is Cc1cc(NC(=O)CC(F)(F)F)cc(C)c1Br. The average Bonchev–Trinajstić information content (AvgIpc) is 2.10. The molecule has 0 aliphatic rings. The number of nitrogens with one attached hydrogen (secondary N) is 1. The topological polar surface area (TPSA) is 29.1 Å². The molecule has 1 rings (SSSR count). The number of rotatable bonds is 2. The van der Waals surface area contributed by atoms with Crippen LogP contribution in [0.2, 0.25) is 0 Å². The first-order chi connectivity index (χ1) is 7.69. The van der Waals surface area contributed by atoms with E-state index >= 15 is 0 Å². The molecule has 0 bridgehead atoms. The van der Waals surface area contributed by atoms with Gasteiger partial charge in [-0.05, 0) is 37.1 Å². The summed E-state index contributed by atoms with van der Waals surface area (Å²) in [7, 11) is 0. The van der Waals surface area contributed by atoms with Crippen LogP contribution in [-0.2, 0) is 4.79 Å². The van der Waals surface area contributed by atoms with Crippen LogP contribution in [0.15, 0.2) is 16.6 Å². The maximum atomic E-state index is 12.0. The van der Waals surface area contributed by atoms with Gasteiger partial charge in [0.25, 0.3) is 0 Å². The zero-order valence-corrected chi connectivity index (χ0v) is 10.9. The second-order valence-corrected chi connectivity index (χ2v) is 4.56. The van der Waals surface area contributed by atoms with Gasteiger partial charge in [-0.1, -0.05) is 15.9 Å². The number of halogens is 4. The number of benzene rings is 1. The molecule has 2 nitrogen and oxygen atoms in total. The molecule has 0 spiro atoms. The number of aryl methyl sites for hydroxylation is 2. The number of hydrogen-bond acceptors (Lipinski definition) is 1. The molecule has 0 saturated carbocycles. The van der Waals surface area contributed by atoms with Crippen molar-refractivity contribution in [3.8, 4) is 0 Å². The number of alkyl halides is 3. The molecule has 1 N–H and O–H groups in total.